The summed E-state index contributed by atoms with van der Waals surface area (Å²) in [5.74, 6) is 0.770. The molecule has 1 aromatic heterocycles. The van der Waals surface area contributed by atoms with Gasteiger partial charge < -0.3 is 11.1 Å². The number of nitrogens with one attached hydrogen (secondary N) is 1. The van der Waals surface area contributed by atoms with Gasteiger partial charge in [0.05, 0.1) is 10.7 Å². The molecule has 94 valence electrons. The summed E-state index contributed by atoms with van der Waals surface area (Å²) in [5, 5.41) is 5.70. The van der Waals surface area contributed by atoms with E-state index in [1.807, 2.05) is 42.5 Å². The van der Waals surface area contributed by atoms with Crippen molar-refractivity contribution in [2.24, 2.45) is 0 Å². The van der Waals surface area contributed by atoms with Gasteiger partial charge in [-0.25, -0.2) is 4.98 Å². The van der Waals surface area contributed by atoms with Crippen molar-refractivity contribution in [1.29, 1.82) is 0 Å². The van der Waals surface area contributed by atoms with Gasteiger partial charge in [-0.3, -0.25) is 0 Å². The Kier molecular flexibility index (Phi) is 2.97. The number of fused-ring (bicyclic) bond motifs is 1. The number of benzene rings is 2. The summed E-state index contributed by atoms with van der Waals surface area (Å²) in [4.78, 5) is 4.36. The third-order valence-electron chi connectivity index (χ3n) is 2.97. The van der Waals surface area contributed by atoms with Crippen LogP contribution in [0.1, 0.15) is 0 Å². The van der Waals surface area contributed by atoms with Crippen LogP contribution in [0.3, 0.4) is 0 Å². The molecule has 0 saturated carbocycles. The topological polar surface area (TPSA) is 50.9 Å². The molecule has 3 N–H and O–H groups in total. The predicted octanol–water partition coefficient (Wildman–Crippen LogP) is 4.21. The molecule has 1 heterocycles. The van der Waals surface area contributed by atoms with Crippen molar-refractivity contribution in [3.63, 3.8) is 0 Å². The number of nitrogens with zero attached hydrogens (tertiary/aromatic N) is 1. The second-order valence-corrected chi connectivity index (χ2v) is 4.61. The fraction of sp³-hybridized carbons (Fsp3) is 0. The largest absolute Gasteiger partial charge is 0.397 e. The number of rotatable bonds is 2. The van der Waals surface area contributed by atoms with Gasteiger partial charge in [-0.1, -0.05) is 29.8 Å². The highest BCUT2D eigenvalue weighted by Crippen LogP contribution is 2.32. The number of aromatic nitrogens is 1. The van der Waals surface area contributed by atoms with Gasteiger partial charge in [-0.2, -0.15) is 0 Å². The number of anilines is 3. The van der Waals surface area contributed by atoms with Gasteiger partial charge in [0.2, 0.25) is 0 Å². The maximum absolute atomic E-state index is 6.03. The smallest absolute Gasteiger partial charge is 0.138 e. The molecule has 4 heteroatoms. The first-order valence-corrected chi connectivity index (χ1v) is 6.28. The number of para-hydroxylation sites is 1. The Morgan fingerprint density at radius 3 is 2.53 bits per heavy atom. The third-order valence-corrected chi connectivity index (χ3v) is 3.30. The highest BCUT2D eigenvalue weighted by Gasteiger charge is 2.07. The van der Waals surface area contributed by atoms with Crippen LogP contribution in [0.2, 0.25) is 5.02 Å². The molecule has 0 fully saturated rings. The fourth-order valence-electron chi connectivity index (χ4n) is 2.01. The monoisotopic (exact) mass is 269 g/mol. The quantitative estimate of drug-likeness (QED) is 0.685. The van der Waals surface area contributed by atoms with Crippen LogP contribution in [-0.2, 0) is 0 Å². The number of hydrogen-bond donors (Lipinski definition) is 2. The van der Waals surface area contributed by atoms with Crippen molar-refractivity contribution in [1.82, 2.24) is 4.98 Å². The van der Waals surface area contributed by atoms with Crippen LogP contribution >= 0.6 is 11.6 Å². The summed E-state index contributed by atoms with van der Waals surface area (Å²) < 4.78 is 0. The normalized spacial score (nSPS) is 10.6. The first-order chi connectivity index (χ1) is 9.25. The van der Waals surface area contributed by atoms with Crippen molar-refractivity contribution in [3.05, 3.63) is 59.8 Å². The Morgan fingerprint density at radius 2 is 1.74 bits per heavy atom. The molecule has 0 aliphatic carbocycles. The number of nitrogen functional groups attached to an aromatic ring is 1. The van der Waals surface area contributed by atoms with Crippen LogP contribution in [0.5, 0.6) is 0 Å². The molecule has 3 rings (SSSR count). The molecule has 0 aliphatic rings. The molecule has 0 amide bonds. The summed E-state index contributed by atoms with van der Waals surface area (Å²) in [7, 11) is 0. The minimum Gasteiger partial charge on any atom is -0.397 e. The van der Waals surface area contributed by atoms with E-state index in [1.54, 1.807) is 12.3 Å². The van der Waals surface area contributed by atoms with E-state index in [4.69, 9.17) is 17.3 Å². The minimum atomic E-state index is 0.560. The second kappa shape index (κ2) is 4.78. The van der Waals surface area contributed by atoms with Gasteiger partial charge in [-0.15, -0.1) is 0 Å². The van der Waals surface area contributed by atoms with Crippen LogP contribution in [-0.4, -0.2) is 4.98 Å². The van der Waals surface area contributed by atoms with Crippen LogP contribution < -0.4 is 11.1 Å². The molecular formula is C15H12ClN3. The van der Waals surface area contributed by atoms with Crippen LogP contribution in [0.4, 0.5) is 17.2 Å². The van der Waals surface area contributed by atoms with Crippen LogP contribution in [0.25, 0.3) is 10.8 Å². The van der Waals surface area contributed by atoms with Gasteiger partial charge in [0.25, 0.3) is 0 Å². The Hall–Kier alpha value is -2.26. The Morgan fingerprint density at radius 1 is 0.947 bits per heavy atom. The van der Waals surface area contributed by atoms with E-state index in [2.05, 4.69) is 10.3 Å². The van der Waals surface area contributed by atoms with Crippen molar-refractivity contribution in [2.75, 3.05) is 11.1 Å². The van der Waals surface area contributed by atoms with E-state index in [9.17, 15) is 0 Å². The third kappa shape index (κ3) is 2.20. The Bertz CT molecular complexity index is 726. The van der Waals surface area contributed by atoms with Crippen molar-refractivity contribution in [2.45, 2.75) is 0 Å². The number of halogens is 1. The van der Waals surface area contributed by atoms with Gasteiger partial charge in [0.15, 0.2) is 0 Å². The van der Waals surface area contributed by atoms with Gasteiger partial charge >= 0.3 is 0 Å². The molecular weight excluding hydrogens is 258 g/mol. The molecule has 0 aliphatic heterocycles. The molecule has 0 atom stereocenters. The first-order valence-electron chi connectivity index (χ1n) is 5.90. The Labute approximate surface area is 116 Å². The lowest BCUT2D eigenvalue weighted by Crippen LogP contribution is -1.96. The predicted molar refractivity (Wildman–Crippen MR) is 80.9 cm³/mol. The number of hydrogen-bond acceptors (Lipinski definition) is 3. The maximum atomic E-state index is 6.03. The molecule has 0 unspecified atom stereocenters. The molecule has 3 nitrogen and oxygen atoms in total. The van der Waals surface area contributed by atoms with Gasteiger partial charge in [0, 0.05) is 22.7 Å². The minimum absolute atomic E-state index is 0.560. The molecule has 2 aromatic carbocycles. The Balaban J connectivity index is 2.12. The summed E-state index contributed by atoms with van der Waals surface area (Å²) >= 11 is 6.03. The van der Waals surface area contributed by atoms with E-state index >= 15 is 0 Å². The highest BCUT2D eigenvalue weighted by atomic mass is 35.5. The highest BCUT2D eigenvalue weighted by molar-refractivity contribution is 6.34. The second-order valence-electron chi connectivity index (χ2n) is 4.21. The van der Waals surface area contributed by atoms with Crippen molar-refractivity contribution < 1.29 is 0 Å². The summed E-state index contributed by atoms with van der Waals surface area (Å²) in [6.45, 7) is 0. The summed E-state index contributed by atoms with van der Waals surface area (Å²) in [5.41, 5.74) is 7.56. The molecule has 0 radical (unpaired) electrons. The average Bonchev–Trinajstić information content (AvgIpc) is 2.45. The molecule has 0 saturated heterocycles. The van der Waals surface area contributed by atoms with E-state index in [0.717, 1.165) is 22.3 Å². The zero-order chi connectivity index (χ0) is 13.2. The zero-order valence-corrected chi connectivity index (χ0v) is 10.9. The molecule has 0 bridgehead atoms. The standard InChI is InChI=1S/C15H12ClN3/c16-13-7-6-12-11(14(13)17)8-9-18-15(12)19-10-4-2-1-3-5-10/h1-9H,17H2,(H,18,19). The van der Waals surface area contributed by atoms with Crippen LogP contribution in [0.15, 0.2) is 54.7 Å². The summed E-state index contributed by atoms with van der Waals surface area (Å²) in [6, 6.07) is 15.5. The summed E-state index contributed by atoms with van der Waals surface area (Å²) in [6.07, 6.45) is 1.72. The van der Waals surface area contributed by atoms with E-state index in [-0.39, 0.29) is 0 Å². The SMILES string of the molecule is Nc1c(Cl)ccc2c(Nc3ccccc3)nccc12. The molecule has 19 heavy (non-hydrogen) atoms. The molecule has 3 aromatic rings. The van der Waals surface area contributed by atoms with E-state index < -0.39 is 0 Å². The van der Waals surface area contributed by atoms with Crippen molar-refractivity contribution >= 4 is 39.6 Å². The van der Waals surface area contributed by atoms with Crippen molar-refractivity contribution in [3.8, 4) is 0 Å². The molecule has 0 spiro atoms. The fourth-order valence-corrected chi connectivity index (χ4v) is 2.17. The lowest BCUT2D eigenvalue weighted by atomic mass is 10.1. The van der Waals surface area contributed by atoms with E-state index in [1.165, 1.54) is 0 Å². The zero-order valence-electron chi connectivity index (χ0n) is 10.1. The first kappa shape index (κ1) is 11.8. The number of pyridine rings is 1. The van der Waals surface area contributed by atoms with Gasteiger partial charge in [-0.05, 0) is 30.3 Å². The van der Waals surface area contributed by atoms with E-state index in [0.29, 0.717) is 10.7 Å². The lowest BCUT2D eigenvalue weighted by molar-refractivity contribution is 1.34. The number of nitrogens with two attached hydrogens (primary N) is 1. The average molecular weight is 270 g/mol. The van der Waals surface area contributed by atoms with Gasteiger partial charge in [0.1, 0.15) is 5.82 Å². The lowest BCUT2D eigenvalue weighted by Gasteiger charge is -2.10. The van der Waals surface area contributed by atoms with Crippen LogP contribution in [0, 0.1) is 0 Å². The maximum Gasteiger partial charge on any atom is 0.138 e.